The second-order valence-corrected chi connectivity index (χ2v) is 12.9. The van der Waals surface area contributed by atoms with Crippen LogP contribution in [0, 0.1) is 5.41 Å². The van der Waals surface area contributed by atoms with Crippen molar-refractivity contribution in [2.75, 3.05) is 33.2 Å². The highest BCUT2D eigenvalue weighted by Gasteiger charge is 2.38. The zero-order valence-corrected chi connectivity index (χ0v) is 17.9. The zero-order valence-electron chi connectivity index (χ0n) is 17.0. The van der Waals surface area contributed by atoms with E-state index in [0.29, 0.717) is 0 Å². The van der Waals surface area contributed by atoms with Gasteiger partial charge in [0.15, 0.2) is 0 Å². The van der Waals surface area contributed by atoms with Crippen molar-refractivity contribution in [1.82, 2.24) is 0 Å². The third kappa shape index (κ3) is 9.00. The van der Waals surface area contributed by atoms with Gasteiger partial charge in [-0.1, -0.05) is 24.3 Å². The molecule has 150 valence electrons. The maximum Gasteiger partial charge on any atom is 0.319 e. The summed E-state index contributed by atoms with van der Waals surface area (Å²) >= 11 is 0. The Morgan fingerprint density at radius 2 is 1.30 bits per heavy atom. The van der Waals surface area contributed by atoms with E-state index in [9.17, 15) is 14.4 Å². The zero-order chi connectivity index (χ0) is 20.7. The number of hydrogen-bond acceptors (Lipinski definition) is 6. The Hall–Kier alpha value is -1.94. The highest BCUT2D eigenvalue weighted by Crippen LogP contribution is 2.49. The monoisotopic (exact) mass is 397 g/mol. The number of hydrogen-bond donors (Lipinski definition) is 0. The summed E-state index contributed by atoms with van der Waals surface area (Å²) in [5.74, 6) is -1.63. The summed E-state index contributed by atoms with van der Waals surface area (Å²) in [4.78, 5) is 34.7. The van der Waals surface area contributed by atoms with Gasteiger partial charge in [0.1, 0.15) is 25.2 Å². The number of carbonyl (C=O) groups excluding carboxylic acids is 3. The Balaban J connectivity index is 2.71. The Kier molecular flexibility index (Phi) is 8.42. The van der Waals surface area contributed by atoms with E-state index in [0.717, 1.165) is 11.7 Å². The van der Waals surface area contributed by atoms with E-state index in [1.54, 1.807) is 0 Å². The molecule has 1 rings (SSSR count). The SMILES string of the molecule is CC(=O)OCC(C)(COC(C)=O)C(=O)OCc1ccc(C[P+](C)(C)C)cc1. The van der Waals surface area contributed by atoms with Gasteiger partial charge in [-0.05, 0) is 18.1 Å². The summed E-state index contributed by atoms with van der Waals surface area (Å²) in [6, 6.07) is 7.97. The Morgan fingerprint density at radius 1 is 0.852 bits per heavy atom. The lowest BCUT2D eigenvalue weighted by molar-refractivity contribution is -0.170. The summed E-state index contributed by atoms with van der Waals surface area (Å²) in [5.41, 5.74) is 0.871. The van der Waals surface area contributed by atoms with Crippen LogP contribution in [0.5, 0.6) is 0 Å². The fourth-order valence-corrected chi connectivity index (χ4v) is 3.60. The van der Waals surface area contributed by atoms with Gasteiger partial charge in [0.2, 0.25) is 0 Å². The van der Waals surface area contributed by atoms with E-state index >= 15 is 0 Å². The number of ether oxygens (including phenoxy) is 3. The van der Waals surface area contributed by atoms with Gasteiger partial charge in [0, 0.05) is 41.1 Å². The van der Waals surface area contributed by atoms with Gasteiger partial charge in [-0.2, -0.15) is 0 Å². The third-order valence-electron chi connectivity index (χ3n) is 3.73. The van der Waals surface area contributed by atoms with Gasteiger partial charge < -0.3 is 14.2 Å². The Labute approximate surface area is 161 Å². The molecule has 0 unspecified atom stereocenters. The number of benzene rings is 1. The van der Waals surface area contributed by atoms with Crippen LogP contribution in [-0.4, -0.2) is 51.1 Å². The molecule has 0 saturated heterocycles. The van der Waals surface area contributed by atoms with Crippen molar-refractivity contribution in [1.29, 1.82) is 0 Å². The van der Waals surface area contributed by atoms with Crippen molar-refractivity contribution in [3.8, 4) is 0 Å². The molecule has 0 spiro atoms. The molecule has 0 saturated carbocycles. The molecule has 7 heteroatoms. The van der Waals surface area contributed by atoms with Crippen LogP contribution in [0.1, 0.15) is 31.9 Å². The van der Waals surface area contributed by atoms with Gasteiger partial charge in [-0.25, -0.2) is 0 Å². The predicted octanol–water partition coefficient (Wildman–Crippen LogP) is 3.27. The quantitative estimate of drug-likeness (QED) is 0.362. The largest absolute Gasteiger partial charge is 0.465 e. The molecule has 0 N–H and O–H groups in total. The molecule has 0 aliphatic heterocycles. The highest BCUT2D eigenvalue weighted by molar-refractivity contribution is 7.72. The molecular formula is C20H30O6P+. The highest BCUT2D eigenvalue weighted by atomic mass is 31.2. The Bertz CT molecular complexity index is 642. The minimum atomic E-state index is -1.26. The second-order valence-electron chi connectivity index (χ2n) is 7.96. The van der Waals surface area contributed by atoms with Crippen LogP contribution in [0.15, 0.2) is 24.3 Å². The first kappa shape index (κ1) is 23.1. The van der Waals surface area contributed by atoms with Crippen molar-refractivity contribution >= 4 is 25.2 Å². The first-order valence-electron chi connectivity index (χ1n) is 8.73. The first-order chi connectivity index (χ1) is 12.4. The molecule has 1 aromatic carbocycles. The first-order valence-corrected chi connectivity index (χ1v) is 12.0. The minimum absolute atomic E-state index is 0.0967. The maximum atomic E-state index is 12.5. The number of rotatable bonds is 9. The molecular weight excluding hydrogens is 367 g/mol. The van der Waals surface area contributed by atoms with Crippen LogP contribution in [0.25, 0.3) is 0 Å². The van der Waals surface area contributed by atoms with E-state index in [1.165, 1.54) is 26.3 Å². The molecule has 0 aromatic heterocycles. The summed E-state index contributed by atoms with van der Waals surface area (Å²) in [7, 11) is -0.906. The van der Waals surface area contributed by atoms with E-state index in [-0.39, 0.29) is 19.8 Å². The van der Waals surface area contributed by atoms with Crippen molar-refractivity contribution in [2.45, 2.75) is 33.5 Å². The Morgan fingerprint density at radius 3 is 1.70 bits per heavy atom. The van der Waals surface area contributed by atoms with Crippen LogP contribution in [0.2, 0.25) is 0 Å². The average molecular weight is 397 g/mol. The molecule has 1 aromatic rings. The van der Waals surface area contributed by atoms with Crippen LogP contribution >= 0.6 is 7.26 Å². The second kappa shape index (κ2) is 9.84. The van der Waals surface area contributed by atoms with Crippen LogP contribution in [0.3, 0.4) is 0 Å². The topological polar surface area (TPSA) is 78.9 Å². The van der Waals surface area contributed by atoms with Gasteiger partial charge in [-0.15, -0.1) is 0 Å². The maximum absolute atomic E-state index is 12.5. The standard InChI is InChI=1S/C20H30O6P/c1-15(21)25-13-20(3,14-26-16(2)22)19(23)24-11-17-7-9-18(10-8-17)12-27(4,5)6/h7-10H,11-14H2,1-6H3/q+1. The van der Waals surface area contributed by atoms with E-state index in [4.69, 9.17) is 14.2 Å². The molecule has 0 fully saturated rings. The molecule has 0 radical (unpaired) electrons. The molecule has 0 atom stereocenters. The lowest BCUT2D eigenvalue weighted by Crippen LogP contribution is -2.40. The fourth-order valence-electron chi connectivity index (χ4n) is 2.29. The number of carbonyl (C=O) groups is 3. The summed E-state index contributed by atoms with van der Waals surface area (Å²) < 4.78 is 15.3. The third-order valence-corrected chi connectivity index (χ3v) is 5.04. The molecule has 0 aliphatic rings. The molecule has 0 bridgehead atoms. The minimum Gasteiger partial charge on any atom is -0.465 e. The fraction of sp³-hybridized carbons (Fsp3) is 0.550. The number of esters is 3. The summed E-state index contributed by atoms with van der Waals surface area (Å²) in [6.07, 6.45) is 1.07. The van der Waals surface area contributed by atoms with Crippen molar-refractivity contribution in [3.05, 3.63) is 35.4 Å². The summed E-state index contributed by atoms with van der Waals surface area (Å²) in [5, 5.41) is 0. The molecule has 6 nitrogen and oxygen atoms in total. The van der Waals surface area contributed by atoms with E-state index in [2.05, 4.69) is 20.0 Å². The normalized spacial score (nSPS) is 11.6. The van der Waals surface area contributed by atoms with Gasteiger partial charge >= 0.3 is 17.9 Å². The van der Waals surface area contributed by atoms with Crippen LogP contribution in [0.4, 0.5) is 0 Å². The lowest BCUT2D eigenvalue weighted by atomic mass is 9.93. The molecule has 0 heterocycles. The van der Waals surface area contributed by atoms with Gasteiger partial charge in [0.05, 0.1) is 6.16 Å². The summed E-state index contributed by atoms with van der Waals surface area (Å²) in [6.45, 7) is 10.6. The van der Waals surface area contributed by atoms with E-state index < -0.39 is 30.6 Å². The van der Waals surface area contributed by atoms with Crippen molar-refractivity contribution in [3.63, 3.8) is 0 Å². The van der Waals surface area contributed by atoms with E-state index in [1.807, 2.05) is 24.3 Å². The molecule has 27 heavy (non-hydrogen) atoms. The van der Waals surface area contributed by atoms with Gasteiger partial charge in [-0.3, -0.25) is 14.4 Å². The van der Waals surface area contributed by atoms with Crippen LogP contribution in [-0.2, 0) is 41.4 Å². The smallest absolute Gasteiger partial charge is 0.319 e. The molecule has 0 amide bonds. The van der Waals surface area contributed by atoms with Crippen molar-refractivity contribution < 1.29 is 28.6 Å². The van der Waals surface area contributed by atoms with Crippen molar-refractivity contribution in [2.24, 2.45) is 5.41 Å². The molecule has 0 aliphatic carbocycles. The van der Waals surface area contributed by atoms with Crippen LogP contribution < -0.4 is 0 Å². The lowest BCUT2D eigenvalue weighted by Gasteiger charge is -2.26. The van der Waals surface area contributed by atoms with Gasteiger partial charge in [0.25, 0.3) is 0 Å². The predicted molar refractivity (Wildman–Crippen MR) is 106 cm³/mol. The average Bonchev–Trinajstić information content (AvgIpc) is 2.56.